The van der Waals surface area contributed by atoms with Gasteiger partial charge in [-0.3, -0.25) is 4.79 Å². The Morgan fingerprint density at radius 3 is 2.18 bits per heavy atom. The molecular formula is C26H25N3O4. The van der Waals surface area contributed by atoms with Crippen molar-refractivity contribution in [1.82, 2.24) is 5.43 Å². The van der Waals surface area contributed by atoms with E-state index in [9.17, 15) is 9.59 Å². The van der Waals surface area contributed by atoms with E-state index in [2.05, 4.69) is 15.8 Å². The number of hydrazone groups is 1. The third-order valence-electron chi connectivity index (χ3n) is 4.53. The molecule has 1 amide bonds. The van der Waals surface area contributed by atoms with E-state index in [1.807, 2.05) is 55.5 Å². The Hall–Kier alpha value is -4.39. The summed E-state index contributed by atoms with van der Waals surface area (Å²) in [4.78, 5) is 23.9. The van der Waals surface area contributed by atoms with Gasteiger partial charge in [0.2, 0.25) is 0 Å². The van der Waals surface area contributed by atoms with Crippen LogP contribution in [-0.2, 0) is 9.59 Å². The molecule has 0 heterocycles. The molecule has 3 aromatic rings. The zero-order valence-corrected chi connectivity index (χ0v) is 18.4. The summed E-state index contributed by atoms with van der Waals surface area (Å²) in [7, 11) is 1.60. The number of rotatable bonds is 9. The summed E-state index contributed by atoms with van der Waals surface area (Å²) < 4.78 is 10.4. The van der Waals surface area contributed by atoms with Crippen molar-refractivity contribution in [3.05, 3.63) is 95.6 Å². The maximum Gasteiger partial charge on any atom is 0.336 e. The number of nitrogens with zero attached hydrogens (tertiary/aromatic N) is 1. The molecule has 0 bridgehead atoms. The topological polar surface area (TPSA) is 89.0 Å². The van der Waals surface area contributed by atoms with E-state index in [1.54, 1.807) is 37.5 Å². The molecule has 0 aliphatic carbocycles. The molecular weight excluding hydrogens is 418 g/mol. The van der Waals surface area contributed by atoms with Crippen LogP contribution in [0.5, 0.6) is 11.5 Å². The molecule has 0 radical (unpaired) electrons. The van der Waals surface area contributed by atoms with Crippen LogP contribution < -0.4 is 20.2 Å². The third-order valence-corrected chi connectivity index (χ3v) is 4.53. The maximum atomic E-state index is 12.0. The Kier molecular flexibility index (Phi) is 8.36. The molecule has 3 aromatic carbocycles. The van der Waals surface area contributed by atoms with E-state index in [1.165, 1.54) is 12.3 Å². The predicted molar refractivity (Wildman–Crippen MR) is 130 cm³/mol. The largest absolute Gasteiger partial charge is 0.497 e. The number of hydrogen-bond donors (Lipinski definition) is 2. The molecule has 0 aliphatic rings. The van der Waals surface area contributed by atoms with Crippen LogP contribution in [0.15, 0.2) is 84.0 Å². The highest BCUT2D eigenvalue weighted by Gasteiger charge is 2.02. The van der Waals surface area contributed by atoms with Crippen molar-refractivity contribution >= 4 is 29.9 Å². The zero-order chi connectivity index (χ0) is 23.5. The summed E-state index contributed by atoms with van der Waals surface area (Å²) in [5, 5.41) is 6.97. The molecule has 7 nitrogen and oxygen atoms in total. The molecule has 0 unspecified atom stereocenters. The zero-order valence-electron chi connectivity index (χ0n) is 18.4. The number of hydrogen-bond acceptors (Lipinski definition) is 6. The van der Waals surface area contributed by atoms with Crippen LogP contribution in [0.1, 0.15) is 16.7 Å². The highest BCUT2D eigenvalue weighted by molar-refractivity contribution is 5.89. The number of benzene rings is 3. The predicted octanol–water partition coefficient (Wildman–Crippen LogP) is 4.18. The van der Waals surface area contributed by atoms with Crippen molar-refractivity contribution in [2.45, 2.75) is 6.92 Å². The lowest BCUT2D eigenvalue weighted by Gasteiger charge is -2.05. The molecule has 0 aromatic heterocycles. The minimum atomic E-state index is -0.486. The quantitative estimate of drug-likeness (QED) is 0.170. The van der Waals surface area contributed by atoms with Gasteiger partial charge in [0, 0.05) is 11.8 Å². The second-order valence-electron chi connectivity index (χ2n) is 7.11. The summed E-state index contributed by atoms with van der Waals surface area (Å²) in [6, 6.07) is 21.8. The molecule has 0 spiro atoms. The standard InChI is InChI=1S/C26H25N3O4/c1-19-3-10-22(11-4-19)27-18-25(30)29-28-17-21-7-14-24(15-8-21)33-26(31)16-9-20-5-12-23(32-2)13-6-20/h3-17,27H,18H2,1-2H3,(H,29,30). The summed E-state index contributed by atoms with van der Waals surface area (Å²) in [6.45, 7) is 2.11. The van der Waals surface area contributed by atoms with Gasteiger partial charge < -0.3 is 14.8 Å². The van der Waals surface area contributed by atoms with Gasteiger partial charge in [-0.05, 0) is 72.7 Å². The lowest BCUT2D eigenvalue weighted by molar-refractivity contribution is -0.129. The van der Waals surface area contributed by atoms with Gasteiger partial charge in [-0.2, -0.15) is 5.10 Å². The minimum absolute atomic E-state index is 0.110. The maximum absolute atomic E-state index is 12.0. The number of amides is 1. The van der Waals surface area contributed by atoms with Crippen molar-refractivity contribution in [2.24, 2.45) is 5.10 Å². The van der Waals surface area contributed by atoms with Crippen molar-refractivity contribution in [3.63, 3.8) is 0 Å². The second-order valence-corrected chi connectivity index (χ2v) is 7.11. The SMILES string of the molecule is COc1ccc(C=CC(=O)Oc2ccc(C=NNC(=O)CNc3ccc(C)cc3)cc2)cc1. The summed E-state index contributed by atoms with van der Waals surface area (Å²) in [5.41, 5.74) is 6.08. The molecule has 7 heteroatoms. The van der Waals surface area contributed by atoms with E-state index in [0.717, 1.165) is 28.1 Å². The van der Waals surface area contributed by atoms with Crippen molar-refractivity contribution in [3.8, 4) is 11.5 Å². The number of aryl methyl sites for hydroxylation is 1. The number of methoxy groups -OCH3 is 1. The van der Waals surface area contributed by atoms with E-state index in [0.29, 0.717) is 5.75 Å². The minimum Gasteiger partial charge on any atom is -0.497 e. The molecule has 0 atom stereocenters. The normalized spacial score (nSPS) is 10.8. The molecule has 0 fully saturated rings. The Morgan fingerprint density at radius 1 is 0.879 bits per heavy atom. The van der Waals surface area contributed by atoms with Gasteiger partial charge in [0.15, 0.2) is 0 Å². The molecule has 168 valence electrons. The summed E-state index contributed by atoms with van der Waals surface area (Å²) >= 11 is 0. The van der Waals surface area contributed by atoms with Crippen LogP contribution in [0.3, 0.4) is 0 Å². The Bertz CT molecular complexity index is 1120. The number of anilines is 1. The average Bonchev–Trinajstić information content (AvgIpc) is 2.84. The first-order valence-electron chi connectivity index (χ1n) is 10.3. The lowest BCUT2D eigenvalue weighted by Crippen LogP contribution is -2.25. The smallest absolute Gasteiger partial charge is 0.336 e. The Balaban J connectivity index is 1.42. The van der Waals surface area contributed by atoms with Crippen LogP contribution in [-0.4, -0.2) is 31.7 Å². The number of carbonyl (C=O) groups excluding carboxylic acids is 2. The van der Waals surface area contributed by atoms with Gasteiger partial charge in [-0.25, -0.2) is 10.2 Å². The first-order valence-corrected chi connectivity index (χ1v) is 10.3. The van der Waals surface area contributed by atoms with Crippen LogP contribution >= 0.6 is 0 Å². The van der Waals surface area contributed by atoms with Crippen molar-refractivity contribution in [1.29, 1.82) is 0 Å². The molecule has 33 heavy (non-hydrogen) atoms. The van der Waals surface area contributed by atoms with Gasteiger partial charge in [0.1, 0.15) is 11.5 Å². The lowest BCUT2D eigenvalue weighted by atomic mass is 10.2. The number of ether oxygens (including phenoxy) is 2. The highest BCUT2D eigenvalue weighted by atomic mass is 16.5. The molecule has 0 aliphatic heterocycles. The highest BCUT2D eigenvalue weighted by Crippen LogP contribution is 2.14. The first kappa shape index (κ1) is 23.3. The summed E-state index contributed by atoms with van der Waals surface area (Å²) in [6.07, 6.45) is 4.54. The van der Waals surface area contributed by atoms with E-state index in [4.69, 9.17) is 9.47 Å². The number of nitrogens with one attached hydrogen (secondary N) is 2. The van der Waals surface area contributed by atoms with Crippen LogP contribution in [0.2, 0.25) is 0 Å². The van der Waals surface area contributed by atoms with Crippen molar-refractivity contribution < 1.29 is 19.1 Å². The van der Waals surface area contributed by atoms with Gasteiger partial charge in [0.05, 0.1) is 19.9 Å². The van der Waals surface area contributed by atoms with Crippen LogP contribution in [0, 0.1) is 6.92 Å². The molecule has 0 saturated carbocycles. The van der Waals surface area contributed by atoms with Gasteiger partial charge in [-0.1, -0.05) is 29.8 Å². The number of esters is 1. The van der Waals surface area contributed by atoms with Crippen molar-refractivity contribution in [2.75, 3.05) is 19.0 Å². The average molecular weight is 444 g/mol. The molecule has 0 saturated heterocycles. The van der Waals surface area contributed by atoms with Crippen LogP contribution in [0.25, 0.3) is 6.08 Å². The second kappa shape index (κ2) is 11.9. The fraction of sp³-hybridized carbons (Fsp3) is 0.115. The van der Waals surface area contributed by atoms with E-state index >= 15 is 0 Å². The first-order chi connectivity index (χ1) is 16.0. The van der Waals surface area contributed by atoms with Crippen LogP contribution in [0.4, 0.5) is 5.69 Å². The molecule has 2 N–H and O–H groups in total. The van der Waals surface area contributed by atoms with Gasteiger partial charge in [0.25, 0.3) is 5.91 Å². The fourth-order valence-electron chi connectivity index (χ4n) is 2.72. The van der Waals surface area contributed by atoms with E-state index < -0.39 is 5.97 Å². The van der Waals surface area contributed by atoms with Gasteiger partial charge >= 0.3 is 5.97 Å². The monoisotopic (exact) mass is 443 g/mol. The Labute approximate surface area is 192 Å². The third kappa shape index (κ3) is 7.99. The number of carbonyl (C=O) groups is 2. The summed E-state index contributed by atoms with van der Waals surface area (Å²) in [5.74, 6) is 0.404. The van der Waals surface area contributed by atoms with Gasteiger partial charge in [-0.15, -0.1) is 0 Å². The molecule has 3 rings (SSSR count). The van der Waals surface area contributed by atoms with E-state index in [-0.39, 0.29) is 12.5 Å². The Morgan fingerprint density at radius 2 is 1.52 bits per heavy atom. The fourth-order valence-corrected chi connectivity index (χ4v) is 2.72.